The van der Waals surface area contributed by atoms with Crippen molar-refractivity contribution < 1.29 is 14.3 Å². The fourth-order valence-corrected chi connectivity index (χ4v) is 1.37. The van der Waals surface area contributed by atoms with E-state index in [0.717, 1.165) is 0 Å². The second kappa shape index (κ2) is 29.2. The molecule has 0 unspecified atom stereocenters. The van der Waals surface area contributed by atoms with E-state index >= 15 is 0 Å². The van der Waals surface area contributed by atoms with E-state index in [0.29, 0.717) is 6.61 Å². The second-order valence-corrected chi connectivity index (χ2v) is 5.16. The summed E-state index contributed by atoms with van der Waals surface area (Å²) in [6.07, 6.45) is 5.54. The first kappa shape index (κ1) is 30.0. The lowest BCUT2D eigenvalue weighted by Gasteiger charge is -2.13. The van der Waals surface area contributed by atoms with Crippen molar-refractivity contribution in [3.8, 4) is 0 Å². The van der Waals surface area contributed by atoms with Crippen LogP contribution in [0.4, 0.5) is 0 Å². The standard InChI is InChI=1S/C6H15N.C6H14.C4H8O2.C3H6O/c1-4-7(5-2)6-3;1-3-5-6-4-2;1-3-6-4(2)5;1-3(2)4/h4-6H2,1-3H3;3-6H2,1-2H3;3H2,1-2H3;1-2H3. The van der Waals surface area contributed by atoms with Crippen LogP contribution in [0.25, 0.3) is 0 Å². The second-order valence-electron chi connectivity index (χ2n) is 5.16. The van der Waals surface area contributed by atoms with Gasteiger partial charge >= 0.3 is 5.97 Å². The predicted molar refractivity (Wildman–Crippen MR) is 102 cm³/mol. The first-order valence-corrected chi connectivity index (χ1v) is 9.09. The summed E-state index contributed by atoms with van der Waals surface area (Å²) in [6.45, 7) is 21.3. The predicted octanol–water partition coefficient (Wildman–Crippen LogP) is 5.10. The fraction of sp³-hybridized carbons (Fsp3) is 0.895. The molecule has 0 spiro atoms. The Morgan fingerprint density at radius 2 is 1.04 bits per heavy atom. The molecule has 0 radical (unpaired) electrons. The van der Waals surface area contributed by atoms with Gasteiger partial charge in [0.1, 0.15) is 5.78 Å². The third-order valence-electron chi connectivity index (χ3n) is 2.65. The Balaban J connectivity index is -0.000000107. The fourth-order valence-electron chi connectivity index (χ4n) is 1.37. The van der Waals surface area contributed by atoms with Crippen molar-refractivity contribution in [3.05, 3.63) is 0 Å². The van der Waals surface area contributed by atoms with Gasteiger partial charge in [0.2, 0.25) is 0 Å². The van der Waals surface area contributed by atoms with E-state index in [-0.39, 0.29) is 11.8 Å². The molecule has 0 N–H and O–H groups in total. The van der Waals surface area contributed by atoms with Crippen LogP contribution in [0.1, 0.15) is 88.0 Å². The molecule has 0 aromatic heterocycles. The topological polar surface area (TPSA) is 46.6 Å². The lowest BCUT2D eigenvalue weighted by atomic mass is 10.2. The van der Waals surface area contributed by atoms with Crippen molar-refractivity contribution in [2.45, 2.75) is 88.0 Å². The highest BCUT2D eigenvalue weighted by Crippen LogP contribution is 1.95. The Hall–Kier alpha value is -0.900. The van der Waals surface area contributed by atoms with Gasteiger partial charge in [0.05, 0.1) is 6.61 Å². The van der Waals surface area contributed by atoms with Gasteiger partial charge in [-0.15, -0.1) is 0 Å². The Labute approximate surface area is 146 Å². The monoisotopic (exact) mass is 333 g/mol. The minimum Gasteiger partial charge on any atom is -0.466 e. The number of carbonyl (C=O) groups excluding carboxylic acids is 2. The average molecular weight is 334 g/mol. The summed E-state index contributed by atoms with van der Waals surface area (Å²) in [6, 6.07) is 0. The Kier molecular flexibility index (Phi) is 38.1. The summed E-state index contributed by atoms with van der Waals surface area (Å²) >= 11 is 0. The molecule has 0 fully saturated rings. The van der Waals surface area contributed by atoms with E-state index in [1.807, 2.05) is 0 Å². The molecule has 0 amide bonds. The first-order chi connectivity index (χ1) is 10.8. The summed E-state index contributed by atoms with van der Waals surface area (Å²) < 4.78 is 4.40. The number of rotatable bonds is 7. The van der Waals surface area contributed by atoms with Gasteiger partial charge in [-0.1, -0.05) is 60.3 Å². The molecule has 4 heteroatoms. The molecule has 0 heterocycles. The molecule has 0 saturated carbocycles. The maximum Gasteiger partial charge on any atom is 0.302 e. The molecule has 0 bridgehead atoms. The van der Waals surface area contributed by atoms with E-state index in [9.17, 15) is 9.59 Å². The summed E-state index contributed by atoms with van der Waals surface area (Å²) in [5, 5.41) is 0. The van der Waals surface area contributed by atoms with Gasteiger partial charge in [0.25, 0.3) is 0 Å². The zero-order chi connectivity index (χ0) is 19.1. The molecule has 23 heavy (non-hydrogen) atoms. The van der Waals surface area contributed by atoms with Crippen LogP contribution in [0.5, 0.6) is 0 Å². The van der Waals surface area contributed by atoms with Gasteiger partial charge in [-0.05, 0) is 40.4 Å². The molecule has 0 aliphatic rings. The highest BCUT2D eigenvalue weighted by molar-refractivity contribution is 5.72. The first-order valence-electron chi connectivity index (χ1n) is 9.09. The quantitative estimate of drug-likeness (QED) is 0.480. The van der Waals surface area contributed by atoms with Gasteiger partial charge in [-0.25, -0.2) is 0 Å². The van der Waals surface area contributed by atoms with Crippen LogP contribution in [0.3, 0.4) is 0 Å². The van der Waals surface area contributed by atoms with Gasteiger partial charge in [0.15, 0.2) is 0 Å². The van der Waals surface area contributed by atoms with Gasteiger partial charge in [0, 0.05) is 6.92 Å². The highest BCUT2D eigenvalue weighted by atomic mass is 16.5. The molecule has 0 aliphatic carbocycles. The molecule has 0 aromatic carbocycles. The Morgan fingerprint density at radius 3 is 1.09 bits per heavy atom. The van der Waals surface area contributed by atoms with Crippen LogP contribution < -0.4 is 0 Å². The minimum atomic E-state index is -0.211. The van der Waals surface area contributed by atoms with Gasteiger partial charge in [-0.3, -0.25) is 4.79 Å². The van der Waals surface area contributed by atoms with Crippen LogP contribution in [-0.4, -0.2) is 42.9 Å². The zero-order valence-electron chi connectivity index (χ0n) is 17.3. The Bertz CT molecular complexity index is 213. The molecular formula is C19H43NO3. The summed E-state index contributed by atoms with van der Waals surface area (Å²) in [5.41, 5.74) is 0. The van der Waals surface area contributed by atoms with Gasteiger partial charge < -0.3 is 14.4 Å². The maximum absolute atomic E-state index is 9.82. The van der Waals surface area contributed by atoms with E-state index in [1.165, 1.54) is 66.1 Å². The third-order valence-corrected chi connectivity index (χ3v) is 2.65. The summed E-state index contributed by atoms with van der Waals surface area (Å²) in [7, 11) is 0. The SMILES string of the molecule is CC(C)=O.CCCCCC.CCN(CC)CC.CCOC(C)=O. The number of Topliss-reactive ketones (excluding diaryl/α,β-unsaturated/α-hetero) is 1. The molecule has 0 aromatic rings. The van der Waals surface area contributed by atoms with Crippen LogP contribution in [-0.2, 0) is 14.3 Å². The molecule has 0 saturated heterocycles. The van der Waals surface area contributed by atoms with Crippen molar-refractivity contribution in [2.24, 2.45) is 0 Å². The van der Waals surface area contributed by atoms with Crippen LogP contribution >= 0.6 is 0 Å². The molecule has 4 nitrogen and oxygen atoms in total. The number of hydrogen-bond acceptors (Lipinski definition) is 4. The smallest absolute Gasteiger partial charge is 0.302 e. The van der Waals surface area contributed by atoms with Crippen molar-refractivity contribution in [1.82, 2.24) is 4.90 Å². The number of unbranched alkanes of at least 4 members (excludes halogenated alkanes) is 3. The lowest BCUT2D eigenvalue weighted by molar-refractivity contribution is -0.140. The van der Waals surface area contributed by atoms with Crippen molar-refractivity contribution in [1.29, 1.82) is 0 Å². The molecule has 142 valence electrons. The third kappa shape index (κ3) is 62.5. The van der Waals surface area contributed by atoms with E-state index in [2.05, 4.69) is 44.3 Å². The van der Waals surface area contributed by atoms with E-state index in [1.54, 1.807) is 6.92 Å². The Morgan fingerprint density at radius 1 is 0.739 bits per heavy atom. The number of ketones is 1. The van der Waals surface area contributed by atoms with Crippen LogP contribution in [0, 0.1) is 0 Å². The summed E-state index contributed by atoms with van der Waals surface area (Å²) in [5.74, 6) is -0.0440. The number of ether oxygens (including phenoxy) is 1. The molecule has 0 aliphatic heterocycles. The minimum absolute atomic E-state index is 0.167. The number of nitrogens with zero attached hydrogens (tertiary/aromatic N) is 1. The van der Waals surface area contributed by atoms with E-state index in [4.69, 9.17) is 0 Å². The largest absolute Gasteiger partial charge is 0.466 e. The van der Waals surface area contributed by atoms with Crippen LogP contribution in [0.15, 0.2) is 0 Å². The van der Waals surface area contributed by atoms with Gasteiger partial charge in [-0.2, -0.15) is 0 Å². The highest BCUT2D eigenvalue weighted by Gasteiger charge is 1.89. The average Bonchev–Trinajstić information content (AvgIpc) is 2.47. The molecule has 0 rings (SSSR count). The van der Waals surface area contributed by atoms with Crippen molar-refractivity contribution >= 4 is 11.8 Å². The number of hydrogen-bond donors (Lipinski definition) is 0. The maximum atomic E-state index is 9.82. The zero-order valence-corrected chi connectivity index (χ0v) is 17.3. The van der Waals surface area contributed by atoms with Crippen molar-refractivity contribution in [2.75, 3.05) is 26.2 Å². The normalized spacial score (nSPS) is 8.61. The number of esters is 1. The lowest BCUT2D eigenvalue weighted by Crippen LogP contribution is -2.21. The van der Waals surface area contributed by atoms with Crippen molar-refractivity contribution in [3.63, 3.8) is 0 Å². The van der Waals surface area contributed by atoms with E-state index < -0.39 is 0 Å². The molecule has 0 atom stereocenters. The number of carbonyl (C=O) groups is 2. The summed E-state index contributed by atoms with van der Waals surface area (Å²) in [4.78, 5) is 21.6. The molecular weight excluding hydrogens is 290 g/mol. The van der Waals surface area contributed by atoms with Crippen LogP contribution in [0.2, 0.25) is 0 Å².